The van der Waals surface area contributed by atoms with Gasteiger partial charge in [-0.15, -0.1) is 0 Å². The highest BCUT2D eigenvalue weighted by Crippen LogP contribution is 2.42. The van der Waals surface area contributed by atoms with Crippen LogP contribution < -0.4 is 14.8 Å². The van der Waals surface area contributed by atoms with Crippen LogP contribution in [0, 0.1) is 6.92 Å². The van der Waals surface area contributed by atoms with E-state index in [0.29, 0.717) is 33.3 Å². The largest absolute Gasteiger partial charge is 0.497 e. The number of amides is 1. The van der Waals surface area contributed by atoms with Crippen LogP contribution in [0.1, 0.15) is 22.8 Å². The second-order valence-corrected chi connectivity index (χ2v) is 9.58. The molecule has 0 aliphatic rings. The molecule has 0 fully saturated rings. The van der Waals surface area contributed by atoms with Crippen LogP contribution in [0.4, 0.5) is 5.69 Å². The summed E-state index contributed by atoms with van der Waals surface area (Å²) in [5, 5.41) is 8.29. The minimum atomic E-state index is -0.474. The fraction of sp³-hybridized carbons (Fsp3) is 0.0938. The van der Waals surface area contributed by atoms with E-state index in [2.05, 4.69) is 5.32 Å². The third-order valence-electron chi connectivity index (χ3n) is 6.19. The number of nitrogens with zero attached hydrogens (tertiary/aromatic N) is 2. The van der Waals surface area contributed by atoms with E-state index in [1.165, 1.54) is 6.92 Å². The lowest BCUT2D eigenvalue weighted by atomic mass is 10.0. The summed E-state index contributed by atoms with van der Waals surface area (Å²) < 4.78 is 12.9. The van der Waals surface area contributed by atoms with E-state index in [-0.39, 0.29) is 11.8 Å². The highest BCUT2D eigenvalue weighted by Gasteiger charge is 2.25. The smallest absolute Gasteiger partial charge is 0.309 e. The number of methoxy groups -OCH3 is 1. The van der Waals surface area contributed by atoms with Crippen molar-refractivity contribution in [2.75, 3.05) is 12.4 Å². The molecule has 0 aliphatic carbocycles. The van der Waals surface area contributed by atoms with Crippen molar-refractivity contribution in [3.05, 3.63) is 113 Å². The van der Waals surface area contributed by atoms with Crippen LogP contribution >= 0.6 is 11.6 Å². The van der Waals surface area contributed by atoms with Crippen molar-refractivity contribution in [3.8, 4) is 39.7 Å². The molecular formula is C32H26ClN3O4. The Kier molecular flexibility index (Phi) is 7.66. The van der Waals surface area contributed by atoms with Crippen molar-refractivity contribution in [2.45, 2.75) is 13.8 Å². The number of nitrogens with one attached hydrogen (secondary N) is 1. The van der Waals surface area contributed by atoms with E-state index in [1.807, 2.05) is 67.6 Å². The predicted octanol–water partition coefficient (Wildman–Crippen LogP) is 7.35. The van der Waals surface area contributed by atoms with E-state index >= 15 is 0 Å². The molecule has 5 rings (SSSR count). The molecule has 40 heavy (non-hydrogen) atoms. The Morgan fingerprint density at radius 2 is 1.62 bits per heavy atom. The Morgan fingerprint density at radius 1 is 0.875 bits per heavy atom. The van der Waals surface area contributed by atoms with Gasteiger partial charge in [0.15, 0.2) is 0 Å². The van der Waals surface area contributed by atoms with Gasteiger partial charge in [-0.05, 0) is 72.6 Å². The Balaban J connectivity index is 1.62. The minimum Gasteiger partial charge on any atom is -0.497 e. The molecule has 0 bridgehead atoms. The van der Waals surface area contributed by atoms with E-state index < -0.39 is 5.97 Å². The van der Waals surface area contributed by atoms with Crippen LogP contribution in [0.15, 0.2) is 97.1 Å². The van der Waals surface area contributed by atoms with E-state index in [0.717, 1.165) is 22.4 Å². The predicted molar refractivity (Wildman–Crippen MR) is 156 cm³/mol. The summed E-state index contributed by atoms with van der Waals surface area (Å²) in [6.45, 7) is 3.34. The first kappa shape index (κ1) is 26.7. The number of halogens is 1. The van der Waals surface area contributed by atoms with Gasteiger partial charge in [0.05, 0.1) is 18.4 Å². The quantitative estimate of drug-likeness (QED) is 0.214. The lowest BCUT2D eigenvalue weighted by Gasteiger charge is -2.11. The van der Waals surface area contributed by atoms with Crippen LogP contribution in [0.2, 0.25) is 5.02 Å². The summed E-state index contributed by atoms with van der Waals surface area (Å²) in [4.78, 5) is 25.0. The van der Waals surface area contributed by atoms with Crippen LogP contribution in [0.5, 0.6) is 11.6 Å². The molecule has 200 valence electrons. The third kappa shape index (κ3) is 5.75. The number of anilines is 1. The summed E-state index contributed by atoms with van der Waals surface area (Å²) in [5.41, 5.74) is 5.58. The monoisotopic (exact) mass is 551 g/mol. The molecule has 5 aromatic rings. The molecule has 0 spiro atoms. The van der Waals surface area contributed by atoms with Gasteiger partial charge in [-0.1, -0.05) is 54.1 Å². The van der Waals surface area contributed by atoms with Crippen molar-refractivity contribution in [1.29, 1.82) is 0 Å². The summed E-state index contributed by atoms with van der Waals surface area (Å²) in [5.74, 6) is 0.200. The molecule has 1 heterocycles. The van der Waals surface area contributed by atoms with Crippen LogP contribution in [-0.4, -0.2) is 28.8 Å². The number of carbonyl (C=O) groups excluding carboxylic acids is 2. The van der Waals surface area contributed by atoms with Gasteiger partial charge in [0, 0.05) is 28.8 Å². The number of esters is 1. The number of hydrogen-bond acceptors (Lipinski definition) is 5. The van der Waals surface area contributed by atoms with Crippen molar-refractivity contribution in [2.24, 2.45) is 0 Å². The molecule has 0 saturated heterocycles. The van der Waals surface area contributed by atoms with Crippen LogP contribution in [0.3, 0.4) is 0 Å². The molecule has 4 aromatic carbocycles. The Bertz CT molecular complexity index is 1710. The van der Waals surface area contributed by atoms with Gasteiger partial charge in [0.25, 0.3) is 5.91 Å². The first-order valence-electron chi connectivity index (χ1n) is 12.5. The van der Waals surface area contributed by atoms with Gasteiger partial charge in [0.1, 0.15) is 11.4 Å². The molecular weight excluding hydrogens is 526 g/mol. The Morgan fingerprint density at radius 3 is 2.33 bits per heavy atom. The highest BCUT2D eigenvalue weighted by atomic mass is 35.5. The third-order valence-corrected chi connectivity index (χ3v) is 6.43. The average Bonchev–Trinajstić information content (AvgIpc) is 3.32. The summed E-state index contributed by atoms with van der Waals surface area (Å²) in [6.07, 6.45) is 0. The number of carbonyl (C=O) groups is 2. The van der Waals surface area contributed by atoms with Gasteiger partial charge in [0.2, 0.25) is 5.88 Å². The van der Waals surface area contributed by atoms with E-state index in [9.17, 15) is 9.59 Å². The average molecular weight is 552 g/mol. The van der Waals surface area contributed by atoms with Crippen molar-refractivity contribution >= 4 is 29.2 Å². The molecule has 1 amide bonds. The fourth-order valence-corrected chi connectivity index (χ4v) is 4.54. The van der Waals surface area contributed by atoms with E-state index in [4.69, 9.17) is 26.2 Å². The van der Waals surface area contributed by atoms with Crippen LogP contribution in [0.25, 0.3) is 28.1 Å². The van der Waals surface area contributed by atoms with Crippen molar-refractivity contribution < 1.29 is 19.1 Å². The molecule has 0 unspecified atom stereocenters. The van der Waals surface area contributed by atoms with Crippen molar-refractivity contribution in [3.63, 3.8) is 0 Å². The summed E-state index contributed by atoms with van der Waals surface area (Å²) >= 11 is 6.04. The maximum absolute atomic E-state index is 12.7. The SMILES string of the molecule is COc1cccc(-c2nn(-c3cccc(C)c3)c(OC(C)=O)c2-c2ccc(NC(=O)c3cccc(Cl)c3)cc2)c1. The molecule has 0 saturated carbocycles. The highest BCUT2D eigenvalue weighted by molar-refractivity contribution is 6.31. The molecule has 0 aliphatic heterocycles. The number of aryl methyl sites for hydroxylation is 1. The maximum Gasteiger partial charge on any atom is 0.309 e. The zero-order valence-electron chi connectivity index (χ0n) is 22.1. The molecule has 1 N–H and O–H groups in total. The van der Waals surface area contributed by atoms with Gasteiger partial charge in [-0.25, -0.2) is 0 Å². The minimum absolute atomic E-state index is 0.278. The summed E-state index contributed by atoms with van der Waals surface area (Å²) in [7, 11) is 1.60. The molecule has 1 aromatic heterocycles. The molecule has 8 heteroatoms. The zero-order chi connectivity index (χ0) is 28.2. The standard InChI is InChI=1S/C32H26ClN3O4/c1-20-7-4-11-27(17-20)36-32(40-21(2)37)29(30(35-36)23-8-6-12-28(19-23)39-3)22-13-15-26(16-14-22)34-31(38)24-9-5-10-25(33)18-24/h4-19H,1-3H3,(H,34,38). The topological polar surface area (TPSA) is 82.4 Å². The van der Waals surface area contributed by atoms with Gasteiger partial charge >= 0.3 is 5.97 Å². The lowest BCUT2D eigenvalue weighted by Crippen LogP contribution is -2.11. The first-order chi connectivity index (χ1) is 19.3. The van der Waals surface area contributed by atoms with Crippen LogP contribution in [-0.2, 0) is 4.79 Å². The molecule has 0 radical (unpaired) electrons. The number of aromatic nitrogens is 2. The van der Waals surface area contributed by atoms with Gasteiger partial charge in [-0.2, -0.15) is 9.78 Å². The summed E-state index contributed by atoms with van der Waals surface area (Å²) in [6, 6.07) is 29.3. The van der Waals surface area contributed by atoms with Crippen molar-refractivity contribution in [1.82, 2.24) is 9.78 Å². The first-order valence-corrected chi connectivity index (χ1v) is 12.9. The number of benzene rings is 4. The Hall–Kier alpha value is -4.88. The maximum atomic E-state index is 12.7. The Labute approximate surface area is 236 Å². The lowest BCUT2D eigenvalue weighted by molar-refractivity contribution is -0.132. The zero-order valence-corrected chi connectivity index (χ0v) is 22.9. The number of ether oxygens (including phenoxy) is 2. The molecule has 7 nitrogen and oxygen atoms in total. The van der Waals surface area contributed by atoms with E-state index in [1.54, 1.807) is 48.2 Å². The molecule has 0 atom stereocenters. The fourth-order valence-electron chi connectivity index (χ4n) is 4.35. The van der Waals surface area contributed by atoms with Gasteiger partial charge in [-0.3, -0.25) is 9.59 Å². The van der Waals surface area contributed by atoms with Gasteiger partial charge < -0.3 is 14.8 Å². The second kappa shape index (κ2) is 11.5. The number of hydrogen-bond donors (Lipinski definition) is 1. The number of rotatable bonds is 7. The normalized spacial score (nSPS) is 10.7. The second-order valence-electron chi connectivity index (χ2n) is 9.15.